The Balaban J connectivity index is 1.85. The Kier molecular flexibility index (Phi) is 1.86. The average Bonchev–Trinajstić information content (AvgIpc) is 2.57. The van der Waals surface area contributed by atoms with Crippen LogP contribution in [-0.4, -0.2) is 42.8 Å². The summed E-state index contributed by atoms with van der Waals surface area (Å²) in [7, 11) is 0. The van der Waals surface area contributed by atoms with Gasteiger partial charge in [-0.3, -0.25) is 10.2 Å². The van der Waals surface area contributed by atoms with Crippen molar-refractivity contribution < 1.29 is 0 Å². The second kappa shape index (κ2) is 2.94. The van der Waals surface area contributed by atoms with E-state index in [1.807, 2.05) is 0 Å². The summed E-state index contributed by atoms with van der Waals surface area (Å²) in [6.45, 7) is 6.04. The van der Waals surface area contributed by atoms with Gasteiger partial charge in [-0.2, -0.15) is 0 Å². The van der Waals surface area contributed by atoms with Gasteiger partial charge in [0.15, 0.2) is 0 Å². The van der Waals surface area contributed by atoms with Crippen LogP contribution in [0.1, 0.15) is 19.8 Å². The van der Waals surface area contributed by atoms with E-state index in [0.717, 1.165) is 24.5 Å². The van der Waals surface area contributed by atoms with E-state index in [-0.39, 0.29) is 0 Å². The summed E-state index contributed by atoms with van der Waals surface area (Å²) in [4.78, 5) is 2.71. The zero-order chi connectivity index (χ0) is 8.84. The van der Waals surface area contributed by atoms with Gasteiger partial charge in [-0.1, -0.05) is 0 Å². The van der Waals surface area contributed by atoms with Crippen LogP contribution in [0, 0.1) is 5.92 Å². The molecule has 2 N–H and O–H groups in total. The van der Waals surface area contributed by atoms with E-state index in [1.54, 1.807) is 0 Å². The van der Waals surface area contributed by atoms with Crippen LogP contribution in [-0.2, 0) is 0 Å². The minimum atomic E-state index is 0.581. The molecule has 3 rings (SSSR count). The van der Waals surface area contributed by atoms with Crippen molar-refractivity contribution in [2.24, 2.45) is 5.92 Å². The Morgan fingerprint density at radius 2 is 2.15 bits per heavy atom. The van der Waals surface area contributed by atoms with E-state index in [9.17, 15) is 0 Å². The van der Waals surface area contributed by atoms with Crippen molar-refractivity contribution in [2.75, 3.05) is 19.6 Å². The maximum Gasteiger partial charge on any atom is 0.0735 e. The number of rotatable bonds is 0. The molecule has 13 heavy (non-hydrogen) atoms. The van der Waals surface area contributed by atoms with E-state index in [4.69, 9.17) is 0 Å². The molecule has 0 bridgehead atoms. The van der Waals surface area contributed by atoms with Gasteiger partial charge in [-0.05, 0) is 38.8 Å². The zero-order valence-electron chi connectivity index (χ0n) is 8.29. The van der Waals surface area contributed by atoms with Crippen molar-refractivity contribution in [3.8, 4) is 0 Å². The van der Waals surface area contributed by atoms with Crippen molar-refractivity contribution in [1.29, 1.82) is 0 Å². The highest BCUT2D eigenvalue weighted by atomic mass is 15.3. The lowest BCUT2D eigenvalue weighted by atomic mass is 9.89. The third kappa shape index (κ3) is 1.14. The Labute approximate surface area is 79.9 Å². The molecule has 0 saturated carbocycles. The monoisotopic (exact) mass is 181 g/mol. The molecule has 3 aliphatic heterocycles. The van der Waals surface area contributed by atoms with Crippen molar-refractivity contribution in [3.63, 3.8) is 0 Å². The molecule has 3 aliphatic rings. The minimum Gasteiger partial charge on any atom is -0.301 e. The third-order valence-electron chi connectivity index (χ3n) is 4.04. The van der Waals surface area contributed by atoms with Crippen LogP contribution >= 0.6 is 0 Å². The van der Waals surface area contributed by atoms with Gasteiger partial charge in [-0.25, -0.2) is 0 Å². The van der Waals surface area contributed by atoms with E-state index >= 15 is 0 Å². The molecule has 3 heterocycles. The number of hydrogen-bond donors (Lipinski definition) is 2. The van der Waals surface area contributed by atoms with Gasteiger partial charge < -0.3 is 5.32 Å². The summed E-state index contributed by atoms with van der Waals surface area (Å²) in [5.74, 6) is 0.960. The molecule has 3 nitrogen and oxygen atoms in total. The van der Waals surface area contributed by atoms with Gasteiger partial charge in [0, 0.05) is 18.6 Å². The fourth-order valence-corrected chi connectivity index (χ4v) is 3.35. The molecule has 0 amide bonds. The normalized spacial score (nSPS) is 50.5. The molecule has 3 fully saturated rings. The lowest BCUT2D eigenvalue weighted by Crippen LogP contribution is -2.67. The largest absolute Gasteiger partial charge is 0.301 e. The van der Waals surface area contributed by atoms with Crippen LogP contribution < -0.4 is 10.6 Å². The van der Waals surface area contributed by atoms with E-state index in [2.05, 4.69) is 22.5 Å². The average molecular weight is 181 g/mol. The first-order valence-corrected chi connectivity index (χ1v) is 5.59. The lowest BCUT2D eigenvalue weighted by Gasteiger charge is -2.46. The van der Waals surface area contributed by atoms with Crippen molar-refractivity contribution in [1.82, 2.24) is 15.5 Å². The SMILES string of the molecule is CC1CNC2NCCC3CCN1C32. The highest BCUT2D eigenvalue weighted by Crippen LogP contribution is 2.34. The van der Waals surface area contributed by atoms with Crippen LogP contribution in [0.25, 0.3) is 0 Å². The molecule has 3 heteroatoms. The van der Waals surface area contributed by atoms with Crippen molar-refractivity contribution in [3.05, 3.63) is 0 Å². The quantitative estimate of drug-likeness (QED) is 0.550. The summed E-state index contributed by atoms with van der Waals surface area (Å²) >= 11 is 0. The molecule has 4 unspecified atom stereocenters. The second-order valence-corrected chi connectivity index (χ2v) is 4.75. The number of hydrogen-bond acceptors (Lipinski definition) is 3. The number of nitrogens with one attached hydrogen (secondary N) is 2. The van der Waals surface area contributed by atoms with Crippen LogP contribution in [0.15, 0.2) is 0 Å². The number of nitrogens with zero attached hydrogens (tertiary/aromatic N) is 1. The predicted molar refractivity (Wildman–Crippen MR) is 52.5 cm³/mol. The number of piperidine rings is 1. The molecule has 0 aromatic carbocycles. The maximum atomic E-state index is 3.62. The van der Waals surface area contributed by atoms with Crippen molar-refractivity contribution in [2.45, 2.75) is 38.0 Å². The summed E-state index contributed by atoms with van der Waals surface area (Å²) in [6, 6.07) is 1.53. The molecule has 74 valence electrons. The Morgan fingerprint density at radius 3 is 3.08 bits per heavy atom. The maximum absolute atomic E-state index is 3.62. The topological polar surface area (TPSA) is 27.3 Å². The first-order valence-electron chi connectivity index (χ1n) is 5.59. The van der Waals surface area contributed by atoms with E-state index in [0.29, 0.717) is 6.17 Å². The highest BCUT2D eigenvalue weighted by molar-refractivity contribution is 5.02. The molecule has 4 atom stereocenters. The van der Waals surface area contributed by atoms with Crippen LogP contribution in [0.5, 0.6) is 0 Å². The van der Waals surface area contributed by atoms with Gasteiger partial charge in [0.2, 0.25) is 0 Å². The summed E-state index contributed by atoms with van der Waals surface area (Å²) in [5.41, 5.74) is 0. The molecule has 0 aromatic rings. The highest BCUT2D eigenvalue weighted by Gasteiger charge is 2.45. The first kappa shape index (κ1) is 8.21. The fourth-order valence-electron chi connectivity index (χ4n) is 3.35. The standard InChI is InChI=1S/C10H19N3/c1-7-6-12-10-9-8(2-4-11-10)3-5-13(7)9/h7-12H,2-6H2,1H3. The summed E-state index contributed by atoms with van der Waals surface area (Å²) < 4.78 is 0. The Bertz CT molecular complexity index is 206. The van der Waals surface area contributed by atoms with Crippen molar-refractivity contribution >= 4 is 0 Å². The smallest absolute Gasteiger partial charge is 0.0735 e. The fraction of sp³-hybridized carbons (Fsp3) is 1.00. The molecule has 0 radical (unpaired) electrons. The molecular weight excluding hydrogens is 162 g/mol. The van der Waals surface area contributed by atoms with Gasteiger partial charge in [-0.15, -0.1) is 0 Å². The minimum absolute atomic E-state index is 0.581. The second-order valence-electron chi connectivity index (χ2n) is 4.75. The molecule has 0 aromatic heterocycles. The predicted octanol–water partition coefficient (Wildman–Crippen LogP) is -0.0120. The van der Waals surface area contributed by atoms with Crippen LogP contribution in [0.4, 0.5) is 0 Å². The van der Waals surface area contributed by atoms with Gasteiger partial charge >= 0.3 is 0 Å². The van der Waals surface area contributed by atoms with Crippen LogP contribution in [0.3, 0.4) is 0 Å². The van der Waals surface area contributed by atoms with Gasteiger partial charge in [0.05, 0.1) is 6.17 Å². The molecule has 0 aliphatic carbocycles. The molecular formula is C10H19N3. The Morgan fingerprint density at radius 1 is 1.23 bits per heavy atom. The molecule has 0 spiro atoms. The van der Waals surface area contributed by atoms with Gasteiger partial charge in [0.1, 0.15) is 0 Å². The molecule has 3 saturated heterocycles. The zero-order valence-corrected chi connectivity index (χ0v) is 8.29. The summed E-state index contributed by atoms with van der Waals surface area (Å²) in [6.07, 6.45) is 3.39. The lowest BCUT2D eigenvalue weighted by molar-refractivity contribution is 0.0573. The Hall–Kier alpha value is -0.120. The first-order chi connectivity index (χ1) is 6.36. The van der Waals surface area contributed by atoms with E-state index in [1.165, 1.54) is 25.9 Å². The third-order valence-corrected chi connectivity index (χ3v) is 4.04. The van der Waals surface area contributed by atoms with Gasteiger partial charge in [0.25, 0.3) is 0 Å². The number of piperazine rings is 1. The summed E-state index contributed by atoms with van der Waals surface area (Å²) in [5, 5.41) is 7.21. The van der Waals surface area contributed by atoms with E-state index < -0.39 is 0 Å². The van der Waals surface area contributed by atoms with Crippen LogP contribution in [0.2, 0.25) is 0 Å².